The van der Waals surface area contributed by atoms with Gasteiger partial charge in [0, 0.05) is 12.1 Å². The predicted molar refractivity (Wildman–Crippen MR) is 65.3 cm³/mol. The van der Waals surface area contributed by atoms with E-state index in [1.165, 1.54) is 12.3 Å². The van der Waals surface area contributed by atoms with E-state index in [-0.39, 0.29) is 5.88 Å². The molecule has 1 aromatic rings. The molecule has 0 spiro atoms. The van der Waals surface area contributed by atoms with E-state index in [1.807, 2.05) is 0 Å². The minimum Gasteiger partial charge on any atom is -0.468 e. The highest BCUT2D eigenvalue weighted by Gasteiger charge is 2.28. The number of alkyl halides is 3. The molecule has 0 aliphatic carbocycles. The molecule has 0 bridgehead atoms. The lowest BCUT2D eigenvalue weighted by atomic mass is 10.1. The molecule has 1 aliphatic heterocycles. The molecule has 1 aromatic heterocycles. The SMILES string of the molecule is FC(F)(F)COc1ccc(NC2CCNCC2)cn1. The Hall–Kier alpha value is -1.50. The lowest BCUT2D eigenvalue weighted by Gasteiger charge is -2.24. The number of ether oxygens (including phenoxy) is 1. The zero-order valence-electron chi connectivity index (χ0n) is 10.3. The van der Waals surface area contributed by atoms with Crippen LogP contribution in [0.3, 0.4) is 0 Å². The molecule has 2 rings (SSSR count). The molecule has 106 valence electrons. The minimum absolute atomic E-state index is 0.0202. The summed E-state index contributed by atoms with van der Waals surface area (Å²) >= 11 is 0. The van der Waals surface area contributed by atoms with Crippen molar-refractivity contribution in [2.24, 2.45) is 0 Å². The van der Waals surface area contributed by atoms with E-state index in [9.17, 15) is 13.2 Å². The number of piperidine rings is 1. The van der Waals surface area contributed by atoms with E-state index >= 15 is 0 Å². The first kappa shape index (κ1) is 13.9. The summed E-state index contributed by atoms with van der Waals surface area (Å²) in [6.45, 7) is 0.622. The number of aromatic nitrogens is 1. The molecule has 19 heavy (non-hydrogen) atoms. The number of hydrogen-bond donors (Lipinski definition) is 2. The molecule has 1 saturated heterocycles. The summed E-state index contributed by atoms with van der Waals surface area (Å²) in [5.74, 6) is -0.0202. The van der Waals surface area contributed by atoms with Crippen molar-refractivity contribution in [3.05, 3.63) is 18.3 Å². The number of rotatable bonds is 4. The van der Waals surface area contributed by atoms with Crippen LogP contribution in [0.5, 0.6) is 5.88 Å². The summed E-state index contributed by atoms with van der Waals surface area (Å²) in [6.07, 6.45) is -0.805. The maximum atomic E-state index is 12.0. The van der Waals surface area contributed by atoms with Crippen LogP contribution < -0.4 is 15.4 Å². The van der Waals surface area contributed by atoms with Gasteiger partial charge in [-0.05, 0) is 32.0 Å². The van der Waals surface area contributed by atoms with Gasteiger partial charge in [0.25, 0.3) is 0 Å². The Kier molecular flexibility index (Phi) is 4.47. The third-order valence-corrected chi connectivity index (χ3v) is 2.83. The first-order chi connectivity index (χ1) is 9.03. The van der Waals surface area contributed by atoms with E-state index in [4.69, 9.17) is 0 Å². The van der Waals surface area contributed by atoms with Gasteiger partial charge in [-0.25, -0.2) is 4.98 Å². The van der Waals surface area contributed by atoms with Gasteiger partial charge in [-0.15, -0.1) is 0 Å². The highest BCUT2D eigenvalue weighted by Crippen LogP contribution is 2.19. The normalized spacial score (nSPS) is 17.2. The fourth-order valence-corrected chi connectivity index (χ4v) is 1.91. The van der Waals surface area contributed by atoms with Gasteiger partial charge in [-0.2, -0.15) is 13.2 Å². The van der Waals surface area contributed by atoms with E-state index in [0.29, 0.717) is 6.04 Å². The van der Waals surface area contributed by atoms with Crippen molar-refractivity contribution in [2.75, 3.05) is 25.0 Å². The highest BCUT2D eigenvalue weighted by atomic mass is 19.4. The van der Waals surface area contributed by atoms with Crippen molar-refractivity contribution < 1.29 is 17.9 Å². The van der Waals surface area contributed by atoms with Crippen molar-refractivity contribution in [2.45, 2.75) is 25.1 Å². The van der Waals surface area contributed by atoms with Gasteiger partial charge in [0.15, 0.2) is 6.61 Å². The molecule has 0 radical (unpaired) electrons. The van der Waals surface area contributed by atoms with Crippen LogP contribution in [0.1, 0.15) is 12.8 Å². The molecular weight excluding hydrogens is 259 g/mol. The Morgan fingerprint density at radius 3 is 2.63 bits per heavy atom. The zero-order valence-corrected chi connectivity index (χ0v) is 10.3. The second kappa shape index (κ2) is 6.10. The van der Waals surface area contributed by atoms with Crippen LogP contribution in [0.25, 0.3) is 0 Å². The average Bonchev–Trinajstić information content (AvgIpc) is 2.38. The van der Waals surface area contributed by atoms with Gasteiger partial charge in [-0.3, -0.25) is 0 Å². The predicted octanol–water partition coefficient (Wildman–Crippen LogP) is 2.19. The van der Waals surface area contributed by atoms with Crippen molar-refractivity contribution in [3.63, 3.8) is 0 Å². The Morgan fingerprint density at radius 2 is 2.05 bits per heavy atom. The molecule has 2 heterocycles. The first-order valence-corrected chi connectivity index (χ1v) is 6.16. The fourth-order valence-electron chi connectivity index (χ4n) is 1.91. The minimum atomic E-state index is -4.34. The lowest BCUT2D eigenvalue weighted by molar-refractivity contribution is -0.154. The van der Waals surface area contributed by atoms with Gasteiger partial charge in [0.1, 0.15) is 0 Å². The van der Waals surface area contributed by atoms with Gasteiger partial charge < -0.3 is 15.4 Å². The maximum absolute atomic E-state index is 12.0. The molecule has 0 amide bonds. The monoisotopic (exact) mass is 275 g/mol. The third kappa shape index (κ3) is 4.94. The fraction of sp³-hybridized carbons (Fsp3) is 0.583. The number of hydrogen-bond acceptors (Lipinski definition) is 4. The van der Waals surface area contributed by atoms with Crippen LogP contribution in [0.2, 0.25) is 0 Å². The Morgan fingerprint density at radius 1 is 1.32 bits per heavy atom. The summed E-state index contributed by atoms with van der Waals surface area (Å²) in [5, 5.41) is 6.56. The molecule has 0 atom stereocenters. The molecule has 2 N–H and O–H groups in total. The third-order valence-electron chi connectivity index (χ3n) is 2.83. The second-order valence-electron chi connectivity index (χ2n) is 4.46. The highest BCUT2D eigenvalue weighted by molar-refractivity contribution is 5.43. The average molecular weight is 275 g/mol. The molecule has 0 saturated carbocycles. The van der Waals surface area contributed by atoms with Crippen LogP contribution >= 0.6 is 0 Å². The standard InChI is InChI=1S/C12H16F3N3O/c13-12(14,15)8-19-11-2-1-10(7-17-11)18-9-3-5-16-6-4-9/h1-2,7,9,16,18H,3-6,8H2. The number of nitrogens with zero attached hydrogens (tertiary/aromatic N) is 1. The Bertz CT molecular complexity index is 388. The van der Waals surface area contributed by atoms with E-state index in [2.05, 4.69) is 20.4 Å². The van der Waals surface area contributed by atoms with Gasteiger partial charge >= 0.3 is 6.18 Å². The van der Waals surface area contributed by atoms with Crippen LogP contribution in [-0.4, -0.2) is 36.9 Å². The molecule has 1 fully saturated rings. The second-order valence-corrected chi connectivity index (χ2v) is 4.46. The molecule has 0 unspecified atom stereocenters. The lowest BCUT2D eigenvalue weighted by Crippen LogP contribution is -2.35. The smallest absolute Gasteiger partial charge is 0.422 e. The number of halogens is 3. The molecule has 1 aliphatic rings. The largest absolute Gasteiger partial charge is 0.468 e. The van der Waals surface area contributed by atoms with Crippen molar-refractivity contribution >= 4 is 5.69 Å². The van der Waals surface area contributed by atoms with E-state index < -0.39 is 12.8 Å². The van der Waals surface area contributed by atoms with Crippen molar-refractivity contribution in [3.8, 4) is 5.88 Å². The van der Waals surface area contributed by atoms with Crippen LogP contribution in [0.4, 0.5) is 18.9 Å². The van der Waals surface area contributed by atoms with Gasteiger partial charge in [-0.1, -0.05) is 0 Å². The van der Waals surface area contributed by atoms with Crippen LogP contribution in [-0.2, 0) is 0 Å². The van der Waals surface area contributed by atoms with Crippen LogP contribution in [0.15, 0.2) is 18.3 Å². The summed E-state index contributed by atoms with van der Waals surface area (Å²) in [7, 11) is 0. The van der Waals surface area contributed by atoms with E-state index in [1.54, 1.807) is 6.07 Å². The van der Waals surface area contributed by atoms with Crippen LogP contribution in [0, 0.1) is 0 Å². The summed E-state index contributed by atoms with van der Waals surface area (Å²) in [5.41, 5.74) is 0.797. The first-order valence-electron chi connectivity index (χ1n) is 6.16. The van der Waals surface area contributed by atoms with E-state index in [0.717, 1.165) is 31.6 Å². The summed E-state index contributed by atoms with van der Waals surface area (Å²) in [6, 6.07) is 3.50. The number of anilines is 1. The Labute approximate surface area is 109 Å². The quantitative estimate of drug-likeness (QED) is 0.884. The topological polar surface area (TPSA) is 46.2 Å². The summed E-state index contributed by atoms with van der Waals surface area (Å²) in [4.78, 5) is 3.85. The van der Waals surface area contributed by atoms with Crippen molar-refractivity contribution in [1.29, 1.82) is 0 Å². The zero-order chi connectivity index (χ0) is 13.7. The number of pyridine rings is 1. The molecule has 0 aromatic carbocycles. The number of nitrogens with one attached hydrogen (secondary N) is 2. The molecule has 7 heteroatoms. The van der Waals surface area contributed by atoms with Crippen molar-refractivity contribution in [1.82, 2.24) is 10.3 Å². The maximum Gasteiger partial charge on any atom is 0.422 e. The summed E-state index contributed by atoms with van der Waals surface area (Å²) < 4.78 is 40.4. The molecule has 4 nitrogen and oxygen atoms in total. The Balaban J connectivity index is 1.83. The van der Waals surface area contributed by atoms with Gasteiger partial charge in [0.2, 0.25) is 5.88 Å². The van der Waals surface area contributed by atoms with Gasteiger partial charge in [0.05, 0.1) is 11.9 Å². The molecular formula is C12H16F3N3O.